The van der Waals surface area contributed by atoms with Crippen LogP contribution in [0.5, 0.6) is 11.5 Å². The maximum atomic E-state index is 13.6. The number of allylic oxidation sites excluding steroid dienone is 2. The van der Waals surface area contributed by atoms with Gasteiger partial charge in [0.05, 0.1) is 29.4 Å². The summed E-state index contributed by atoms with van der Waals surface area (Å²) < 4.78 is 13.9. The SMILES string of the molecule is C[C@@H]1C=C[C@@H]([C@@H](O)CC(=O)CCc2ccc3c4c2CSSC[C@@H]2CN[C@@H](N)c5ccc6c(c52)CC2=CN=C5C[NH+](C=C25)[C@@H](O4)[C@H](C#C[C@H]6O)C2(C#CO3)CCCC2)[C@H](O)C1. The molecule has 9 aliphatic rings. The van der Waals surface area contributed by atoms with Crippen LogP contribution >= 0.6 is 21.6 Å². The second-order valence-electron chi connectivity index (χ2n) is 18.0. The Morgan fingerprint density at radius 3 is 2.82 bits per heavy atom. The van der Waals surface area contributed by atoms with Gasteiger partial charge in [0.15, 0.2) is 11.5 Å². The first-order valence-corrected chi connectivity index (χ1v) is 24.1. The molecule has 12 heteroatoms. The summed E-state index contributed by atoms with van der Waals surface area (Å²) in [6.07, 6.45) is 13.4. The monoisotopic (exact) mass is 845 g/mol. The number of ether oxygens (including phenoxy) is 2. The third kappa shape index (κ3) is 7.37. The topological polar surface area (TPSA) is 151 Å². The van der Waals surface area contributed by atoms with Gasteiger partial charge in [-0.3, -0.25) is 20.0 Å². The van der Waals surface area contributed by atoms with E-state index in [9.17, 15) is 20.1 Å². The number of carbonyl (C=O) groups is 1. The fourth-order valence-electron chi connectivity index (χ4n) is 10.9. The number of quaternary nitrogens is 1. The summed E-state index contributed by atoms with van der Waals surface area (Å²) in [5.41, 5.74) is 15.6. The summed E-state index contributed by atoms with van der Waals surface area (Å²) in [6, 6.07) is 8.05. The van der Waals surface area contributed by atoms with Crippen molar-refractivity contribution in [1.29, 1.82) is 0 Å². The number of fused-ring (bicyclic) bond motifs is 4. The van der Waals surface area contributed by atoms with Crippen molar-refractivity contribution in [3.05, 3.63) is 93.3 Å². The number of aryl methyl sites for hydroxylation is 1. The van der Waals surface area contributed by atoms with E-state index in [0.29, 0.717) is 49.6 Å². The van der Waals surface area contributed by atoms with Gasteiger partial charge >= 0.3 is 0 Å². The van der Waals surface area contributed by atoms with Crippen LogP contribution in [-0.4, -0.2) is 64.1 Å². The van der Waals surface area contributed by atoms with Gasteiger partial charge in [-0.25, -0.2) is 0 Å². The molecule has 1 saturated carbocycles. The van der Waals surface area contributed by atoms with Crippen LogP contribution in [0.4, 0.5) is 0 Å². The van der Waals surface area contributed by atoms with Crippen LogP contribution in [0.1, 0.15) is 103 Å². The molecule has 2 aliphatic carbocycles. The zero-order chi connectivity index (χ0) is 41.1. The first kappa shape index (κ1) is 40.3. The van der Waals surface area contributed by atoms with Gasteiger partial charge in [0.25, 0.3) is 6.23 Å². The van der Waals surface area contributed by atoms with Crippen LogP contribution in [0, 0.1) is 47.0 Å². The van der Waals surface area contributed by atoms with Crippen molar-refractivity contribution in [2.24, 2.45) is 33.9 Å². The van der Waals surface area contributed by atoms with Crippen LogP contribution < -0.4 is 25.4 Å². The maximum absolute atomic E-state index is 13.6. The predicted molar refractivity (Wildman–Crippen MR) is 234 cm³/mol. The summed E-state index contributed by atoms with van der Waals surface area (Å²) in [5.74, 6) is 12.7. The van der Waals surface area contributed by atoms with Gasteiger partial charge in [-0.1, -0.05) is 89.5 Å². The molecule has 0 radical (unpaired) electrons. The first-order chi connectivity index (χ1) is 29.2. The lowest BCUT2D eigenvalue weighted by Crippen LogP contribution is -3.13. The number of nitrogens with zero attached hydrogens (tertiary/aromatic N) is 1. The minimum Gasteiger partial charge on any atom is -0.437 e. The highest BCUT2D eigenvalue weighted by atomic mass is 33.1. The molecule has 7 N–H and O–H groups in total. The molecule has 312 valence electrons. The number of ketones is 1. The Bertz CT molecular complexity index is 2350. The van der Waals surface area contributed by atoms with Crippen molar-refractivity contribution < 1.29 is 34.5 Å². The largest absolute Gasteiger partial charge is 0.437 e. The van der Waals surface area contributed by atoms with Crippen molar-refractivity contribution >= 4 is 33.1 Å². The fourth-order valence-corrected chi connectivity index (χ4v) is 13.3. The van der Waals surface area contributed by atoms with Crippen LogP contribution in [0.3, 0.4) is 0 Å². The fraction of sp³-hybridized carbons (Fsp3) is 0.500. The van der Waals surface area contributed by atoms with E-state index in [2.05, 4.69) is 41.5 Å². The van der Waals surface area contributed by atoms with Crippen molar-refractivity contribution in [3.8, 4) is 35.4 Å². The summed E-state index contributed by atoms with van der Waals surface area (Å²) in [4.78, 5) is 19.7. The van der Waals surface area contributed by atoms with E-state index in [1.54, 1.807) is 21.6 Å². The second-order valence-corrected chi connectivity index (χ2v) is 20.5. The third-order valence-corrected chi connectivity index (χ3v) is 16.5. The third-order valence-electron chi connectivity index (χ3n) is 14.1. The number of aliphatic hydroxyl groups is 3. The van der Waals surface area contributed by atoms with Crippen LogP contribution in [0.25, 0.3) is 0 Å². The number of nitrogens with two attached hydrogens (primary N) is 1. The van der Waals surface area contributed by atoms with E-state index < -0.39 is 35.9 Å². The summed E-state index contributed by atoms with van der Waals surface area (Å²) in [7, 11) is 3.55. The molecule has 2 aromatic carbocycles. The van der Waals surface area contributed by atoms with Crippen molar-refractivity contribution in [1.82, 2.24) is 5.32 Å². The van der Waals surface area contributed by atoms with Gasteiger partial charge in [0, 0.05) is 60.9 Å². The van der Waals surface area contributed by atoms with Crippen molar-refractivity contribution in [3.63, 3.8) is 0 Å². The van der Waals surface area contributed by atoms with E-state index in [-0.39, 0.29) is 42.5 Å². The lowest BCUT2D eigenvalue weighted by atomic mass is 9.73. The molecule has 60 heavy (non-hydrogen) atoms. The molecule has 2 aromatic rings. The minimum atomic E-state index is -1.03. The lowest BCUT2D eigenvalue weighted by molar-refractivity contribution is -0.888. The molecular formula is C48H53N4O6S2+. The van der Waals surface area contributed by atoms with Gasteiger partial charge in [0.1, 0.15) is 42.4 Å². The molecule has 1 unspecified atom stereocenters. The Labute approximate surface area is 359 Å². The molecular weight excluding hydrogens is 793 g/mol. The zero-order valence-corrected chi connectivity index (χ0v) is 35.5. The number of Topliss-reactive ketones (excluding diaryl/α,β-unsaturated/α-hetero) is 1. The number of hydrogen-bond acceptors (Lipinski definition) is 11. The molecule has 11 rings (SSSR count). The molecule has 1 spiro atoms. The van der Waals surface area contributed by atoms with Crippen LogP contribution in [0.15, 0.2) is 65.0 Å². The van der Waals surface area contributed by atoms with Gasteiger partial charge in [-0.05, 0) is 71.1 Å². The normalized spacial score (nSPS) is 32.2. The molecule has 7 aliphatic heterocycles. The van der Waals surface area contributed by atoms with E-state index in [4.69, 9.17) is 20.2 Å². The molecule has 10 atom stereocenters. The number of carbonyl (C=O) groups excluding carboxylic acids is 1. The number of benzene rings is 2. The Morgan fingerprint density at radius 2 is 1.97 bits per heavy atom. The molecule has 0 amide bonds. The van der Waals surface area contributed by atoms with Crippen LogP contribution in [-0.2, 0) is 23.4 Å². The highest BCUT2D eigenvalue weighted by molar-refractivity contribution is 8.76. The highest BCUT2D eigenvalue weighted by Crippen LogP contribution is 2.49. The van der Waals surface area contributed by atoms with Gasteiger partial charge in [-0.15, -0.1) is 0 Å². The predicted octanol–water partition coefficient (Wildman–Crippen LogP) is 4.70. The van der Waals surface area contributed by atoms with Gasteiger partial charge in [0.2, 0.25) is 0 Å². The smallest absolute Gasteiger partial charge is 0.252 e. The zero-order valence-electron chi connectivity index (χ0n) is 33.9. The molecule has 8 bridgehead atoms. The Kier molecular flexibility index (Phi) is 11.1. The van der Waals surface area contributed by atoms with E-state index in [0.717, 1.165) is 81.0 Å². The number of rotatable bonds is 6. The Morgan fingerprint density at radius 1 is 1.12 bits per heavy atom. The summed E-state index contributed by atoms with van der Waals surface area (Å²) >= 11 is 0. The molecule has 0 aromatic heterocycles. The summed E-state index contributed by atoms with van der Waals surface area (Å²) in [6.45, 7) is 3.37. The minimum absolute atomic E-state index is 0.0194. The molecule has 0 saturated heterocycles. The maximum Gasteiger partial charge on any atom is 0.252 e. The van der Waals surface area contributed by atoms with Gasteiger partial charge in [-0.2, -0.15) is 0 Å². The second kappa shape index (κ2) is 16.5. The quantitative estimate of drug-likeness (QED) is 0.137. The molecule has 10 nitrogen and oxygen atoms in total. The number of aliphatic imine (C=N–C) groups is 1. The first-order valence-electron chi connectivity index (χ1n) is 21.6. The van der Waals surface area contributed by atoms with Gasteiger partial charge < -0.3 is 30.5 Å². The molecule has 7 heterocycles. The number of nitrogens with one attached hydrogen (secondary N) is 2. The molecule has 1 fully saturated rings. The van der Waals surface area contributed by atoms with E-state index in [1.807, 2.05) is 43.5 Å². The van der Waals surface area contributed by atoms with Crippen molar-refractivity contribution in [2.45, 2.75) is 107 Å². The number of hydrogen-bond donors (Lipinski definition) is 6. The average molecular weight is 846 g/mol. The average Bonchev–Trinajstić information content (AvgIpc) is 3.98. The van der Waals surface area contributed by atoms with Crippen LogP contribution in [0.2, 0.25) is 0 Å². The summed E-state index contributed by atoms with van der Waals surface area (Å²) in [5, 5.41) is 37.5. The number of aliphatic hydroxyl groups excluding tert-OH is 3. The van der Waals surface area contributed by atoms with E-state index in [1.165, 1.54) is 5.56 Å². The Hall–Kier alpha value is -3.82. The van der Waals surface area contributed by atoms with E-state index >= 15 is 0 Å². The Balaban J connectivity index is 1.09. The standard InChI is InChI=1S/C48H52N4O6S2/c1-27-4-8-33(41(55)18-27)42(56)20-31(53)7-5-28-6-13-43-45-37(28)26-60-59-25-30-22-51-46(49)34-10-9-32-35(44(30)34)19-29-21-50-39-24-52(23-36(29)39)47(58-45)38(11-12-40(32)54)48(16-17-57-43)14-2-3-15-48/h4,6,8-10,13,21,23,27,30,33,38,40-42,46-47,51,54-56H,2-3,5,7,14-15,18-20,22,24-26,49H2,1H3/p+1/t27-,30+,33-,38+,40-,41-,42+,46-,47+/m1/s1. The highest BCUT2D eigenvalue weighted by Gasteiger charge is 2.51. The lowest BCUT2D eigenvalue weighted by Gasteiger charge is -2.36. The van der Waals surface area contributed by atoms with Crippen molar-refractivity contribution in [2.75, 3.05) is 18.8 Å².